The molecule has 2 atom stereocenters. The first-order chi connectivity index (χ1) is 8.95. The molecule has 0 spiro atoms. The second kappa shape index (κ2) is 4.23. The Balaban J connectivity index is 2.01. The Kier molecular flexibility index (Phi) is 2.78. The van der Waals surface area contributed by atoms with Crippen LogP contribution in [-0.2, 0) is 6.18 Å². The Labute approximate surface area is 107 Å². The fraction of sp³-hybridized carbons (Fsp3) is 0.462. The molecule has 102 valence electrons. The maximum Gasteiger partial charge on any atom is 0.416 e. The Bertz CT molecular complexity index is 605. The first kappa shape index (κ1) is 12.5. The van der Waals surface area contributed by atoms with Crippen LogP contribution in [0.4, 0.5) is 13.2 Å². The van der Waals surface area contributed by atoms with Gasteiger partial charge in [0, 0.05) is 6.54 Å². The van der Waals surface area contributed by atoms with Crippen LogP contribution in [0.3, 0.4) is 0 Å². The third kappa shape index (κ3) is 2.20. The number of hydrogen-bond donors (Lipinski definition) is 1. The highest BCUT2D eigenvalue weighted by molar-refractivity contribution is 5.73. The van der Waals surface area contributed by atoms with Gasteiger partial charge in [0.1, 0.15) is 5.52 Å². The standard InChI is InChI=1S/C13H13F3N2O/c1-7-5-17-6-9(7)12-18-10-4-8(13(14,15)16)2-3-11(10)19-12/h2-4,7,9,17H,5-6H2,1H3. The minimum atomic E-state index is -4.35. The minimum Gasteiger partial charge on any atom is -0.440 e. The van der Waals surface area contributed by atoms with E-state index in [-0.39, 0.29) is 11.4 Å². The molecular weight excluding hydrogens is 257 g/mol. The lowest BCUT2D eigenvalue weighted by Gasteiger charge is -2.08. The number of fused-ring (bicyclic) bond motifs is 1. The summed E-state index contributed by atoms with van der Waals surface area (Å²) in [5.74, 6) is 1.02. The maximum atomic E-state index is 12.6. The highest BCUT2D eigenvalue weighted by Crippen LogP contribution is 2.33. The number of aromatic nitrogens is 1. The second-order valence-corrected chi connectivity index (χ2v) is 4.97. The fourth-order valence-corrected chi connectivity index (χ4v) is 2.42. The molecule has 2 aromatic rings. The van der Waals surface area contributed by atoms with E-state index in [0.717, 1.165) is 25.2 Å². The third-order valence-electron chi connectivity index (χ3n) is 3.57. The zero-order valence-corrected chi connectivity index (χ0v) is 10.3. The summed E-state index contributed by atoms with van der Waals surface area (Å²) in [7, 11) is 0. The van der Waals surface area contributed by atoms with Crippen LogP contribution in [0.1, 0.15) is 24.3 Å². The summed E-state index contributed by atoms with van der Waals surface area (Å²) in [6, 6.07) is 3.39. The summed E-state index contributed by atoms with van der Waals surface area (Å²) < 4.78 is 43.4. The zero-order chi connectivity index (χ0) is 13.6. The van der Waals surface area contributed by atoms with Gasteiger partial charge in [-0.1, -0.05) is 6.92 Å². The van der Waals surface area contributed by atoms with Crippen LogP contribution in [0, 0.1) is 5.92 Å². The van der Waals surface area contributed by atoms with Crippen LogP contribution in [-0.4, -0.2) is 18.1 Å². The van der Waals surface area contributed by atoms with Crippen molar-refractivity contribution < 1.29 is 17.6 Å². The number of nitrogens with one attached hydrogen (secondary N) is 1. The van der Waals surface area contributed by atoms with Gasteiger partial charge in [-0.2, -0.15) is 13.2 Å². The monoisotopic (exact) mass is 270 g/mol. The van der Waals surface area contributed by atoms with Crippen LogP contribution in [0.25, 0.3) is 11.1 Å². The Morgan fingerprint density at radius 3 is 2.74 bits per heavy atom. The molecule has 1 saturated heterocycles. The van der Waals surface area contributed by atoms with Crippen molar-refractivity contribution in [1.29, 1.82) is 0 Å². The molecule has 1 aliphatic rings. The van der Waals surface area contributed by atoms with Crippen molar-refractivity contribution in [3.05, 3.63) is 29.7 Å². The molecule has 0 radical (unpaired) electrons. The van der Waals surface area contributed by atoms with Gasteiger partial charge in [-0.25, -0.2) is 4.98 Å². The average molecular weight is 270 g/mol. The predicted octanol–water partition coefficient (Wildman–Crippen LogP) is 3.17. The van der Waals surface area contributed by atoms with Gasteiger partial charge >= 0.3 is 6.18 Å². The van der Waals surface area contributed by atoms with Crippen LogP contribution in [0.5, 0.6) is 0 Å². The van der Waals surface area contributed by atoms with E-state index in [9.17, 15) is 13.2 Å². The van der Waals surface area contributed by atoms with Crippen LogP contribution < -0.4 is 5.32 Å². The van der Waals surface area contributed by atoms with E-state index in [1.165, 1.54) is 6.07 Å². The molecule has 2 heterocycles. The van der Waals surface area contributed by atoms with Crippen molar-refractivity contribution in [1.82, 2.24) is 10.3 Å². The molecule has 6 heteroatoms. The largest absolute Gasteiger partial charge is 0.440 e. The first-order valence-electron chi connectivity index (χ1n) is 6.13. The lowest BCUT2D eigenvalue weighted by molar-refractivity contribution is -0.137. The molecule has 0 aliphatic carbocycles. The third-order valence-corrected chi connectivity index (χ3v) is 3.57. The summed E-state index contributed by atoms with van der Waals surface area (Å²) in [6.45, 7) is 3.69. The quantitative estimate of drug-likeness (QED) is 0.865. The van der Waals surface area contributed by atoms with E-state index >= 15 is 0 Å². The van der Waals surface area contributed by atoms with Crippen LogP contribution in [0.15, 0.2) is 22.6 Å². The van der Waals surface area contributed by atoms with Crippen molar-refractivity contribution in [3.8, 4) is 0 Å². The maximum absolute atomic E-state index is 12.6. The van der Waals surface area contributed by atoms with Gasteiger partial charge in [0.05, 0.1) is 11.5 Å². The van der Waals surface area contributed by atoms with Crippen molar-refractivity contribution in [3.63, 3.8) is 0 Å². The average Bonchev–Trinajstić information content (AvgIpc) is 2.91. The highest BCUT2D eigenvalue weighted by atomic mass is 19.4. The van der Waals surface area contributed by atoms with E-state index in [4.69, 9.17) is 4.42 Å². The molecule has 1 fully saturated rings. The van der Waals surface area contributed by atoms with Gasteiger partial charge in [-0.05, 0) is 30.7 Å². The van der Waals surface area contributed by atoms with Gasteiger partial charge in [0.15, 0.2) is 11.5 Å². The van der Waals surface area contributed by atoms with Crippen molar-refractivity contribution in [2.24, 2.45) is 5.92 Å². The van der Waals surface area contributed by atoms with Gasteiger partial charge < -0.3 is 9.73 Å². The van der Waals surface area contributed by atoms with Gasteiger partial charge in [0.2, 0.25) is 0 Å². The first-order valence-corrected chi connectivity index (χ1v) is 6.13. The van der Waals surface area contributed by atoms with E-state index in [0.29, 0.717) is 17.4 Å². The SMILES string of the molecule is CC1CNCC1c1nc2cc(C(F)(F)F)ccc2o1. The van der Waals surface area contributed by atoms with E-state index < -0.39 is 11.7 Å². The molecule has 19 heavy (non-hydrogen) atoms. The summed E-state index contributed by atoms with van der Waals surface area (Å²) in [5.41, 5.74) is -0.0246. The lowest BCUT2D eigenvalue weighted by Crippen LogP contribution is -2.08. The van der Waals surface area contributed by atoms with Crippen molar-refractivity contribution in [2.45, 2.75) is 19.0 Å². The molecule has 1 aromatic heterocycles. The molecule has 1 aliphatic heterocycles. The number of nitrogens with zero attached hydrogens (tertiary/aromatic N) is 1. The Hall–Kier alpha value is -1.56. The van der Waals surface area contributed by atoms with Gasteiger partial charge in [-0.15, -0.1) is 0 Å². The van der Waals surface area contributed by atoms with E-state index in [2.05, 4.69) is 17.2 Å². The summed E-state index contributed by atoms with van der Waals surface area (Å²) >= 11 is 0. The lowest BCUT2D eigenvalue weighted by atomic mass is 9.98. The number of rotatable bonds is 1. The molecule has 1 N–H and O–H groups in total. The molecule has 2 unspecified atom stereocenters. The summed E-state index contributed by atoms with van der Waals surface area (Å²) in [6.07, 6.45) is -4.35. The van der Waals surface area contributed by atoms with Gasteiger partial charge in [-0.3, -0.25) is 0 Å². The number of hydrogen-bond acceptors (Lipinski definition) is 3. The van der Waals surface area contributed by atoms with E-state index in [1.54, 1.807) is 0 Å². The molecule has 0 saturated carbocycles. The molecule has 0 amide bonds. The van der Waals surface area contributed by atoms with Crippen LogP contribution >= 0.6 is 0 Å². The van der Waals surface area contributed by atoms with Gasteiger partial charge in [0.25, 0.3) is 0 Å². The smallest absolute Gasteiger partial charge is 0.416 e. The Morgan fingerprint density at radius 2 is 2.11 bits per heavy atom. The predicted molar refractivity (Wildman–Crippen MR) is 63.8 cm³/mol. The number of halogens is 3. The van der Waals surface area contributed by atoms with Crippen LogP contribution in [0.2, 0.25) is 0 Å². The normalized spacial score (nSPS) is 24.2. The number of benzene rings is 1. The molecule has 3 nitrogen and oxygen atoms in total. The number of oxazole rings is 1. The van der Waals surface area contributed by atoms with Crippen molar-refractivity contribution >= 4 is 11.1 Å². The minimum absolute atomic E-state index is 0.127. The fourth-order valence-electron chi connectivity index (χ4n) is 2.42. The zero-order valence-electron chi connectivity index (χ0n) is 10.3. The topological polar surface area (TPSA) is 38.1 Å². The second-order valence-electron chi connectivity index (χ2n) is 4.97. The highest BCUT2D eigenvalue weighted by Gasteiger charge is 2.32. The molecular formula is C13H13F3N2O. The molecule has 3 rings (SSSR count). The molecule has 1 aromatic carbocycles. The van der Waals surface area contributed by atoms with E-state index in [1.807, 2.05) is 0 Å². The molecule has 0 bridgehead atoms. The summed E-state index contributed by atoms with van der Waals surface area (Å²) in [4.78, 5) is 4.21. The van der Waals surface area contributed by atoms with Crippen molar-refractivity contribution in [2.75, 3.05) is 13.1 Å². The Morgan fingerprint density at radius 1 is 1.32 bits per heavy atom. The number of alkyl halides is 3. The summed E-state index contributed by atoms with van der Waals surface area (Å²) in [5, 5.41) is 3.22.